The van der Waals surface area contributed by atoms with Crippen LogP contribution in [0.3, 0.4) is 0 Å². The van der Waals surface area contributed by atoms with Crippen LogP contribution in [-0.2, 0) is 0 Å². The molecule has 1 atom stereocenters. The first kappa shape index (κ1) is 14.0. The number of carbonyl (C=O) groups excluding carboxylic acids is 1. The van der Waals surface area contributed by atoms with E-state index in [-0.39, 0.29) is 11.9 Å². The summed E-state index contributed by atoms with van der Waals surface area (Å²) >= 11 is 0. The summed E-state index contributed by atoms with van der Waals surface area (Å²) in [5.74, 6) is 0.587. The number of nitrogens with one attached hydrogen (secondary N) is 1. The Bertz CT molecular complexity index is 453. The second-order valence-electron chi connectivity index (χ2n) is 4.09. The van der Waals surface area contributed by atoms with Crippen LogP contribution in [0.15, 0.2) is 18.3 Å². The van der Waals surface area contributed by atoms with E-state index in [1.165, 1.54) is 0 Å². The Balaban J connectivity index is 2.83. The second-order valence-corrected chi connectivity index (χ2v) is 4.09. The van der Waals surface area contributed by atoms with Gasteiger partial charge in [-0.05, 0) is 26.0 Å². The van der Waals surface area contributed by atoms with Crippen molar-refractivity contribution in [1.82, 2.24) is 9.88 Å². The van der Waals surface area contributed by atoms with Crippen LogP contribution < -0.4 is 5.32 Å². The number of carbonyl (C=O) groups is 1. The van der Waals surface area contributed by atoms with Crippen molar-refractivity contribution >= 4 is 11.7 Å². The van der Waals surface area contributed by atoms with Crippen LogP contribution in [0.5, 0.6) is 0 Å². The number of nitriles is 1. The molecule has 0 saturated carbocycles. The summed E-state index contributed by atoms with van der Waals surface area (Å²) in [5.41, 5.74) is 0.577. The normalized spacial score (nSPS) is 11.4. The van der Waals surface area contributed by atoms with Crippen LogP contribution in [-0.4, -0.2) is 35.4 Å². The Labute approximate surface area is 107 Å². The Hall–Kier alpha value is -2.09. The molecular weight excluding hydrogens is 228 g/mol. The lowest BCUT2D eigenvalue weighted by Crippen LogP contribution is -2.34. The second kappa shape index (κ2) is 6.60. The van der Waals surface area contributed by atoms with E-state index in [0.29, 0.717) is 17.8 Å². The minimum Gasteiger partial charge on any atom is -0.370 e. The molecule has 18 heavy (non-hydrogen) atoms. The molecule has 1 N–H and O–H groups in total. The van der Waals surface area contributed by atoms with Gasteiger partial charge in [0.1, 0.15) is 5.82 Å². The third-order valence-electron chi connectivity index (χ3n) is 2.73. The van der Waals surface area contributed by atoms with Crippen molar-refractivity contribution in [3.05, 3.63) is 23.9 Å². The molecule has 96 valence electrons. The molecule has 1 aromatic heterocycles. The smallest absolute Gasteiger partial charge is 0.254 e. The molecule has 0 saturated heterocycles. The standard InChI is InChI=1S/C13H18N4O/c1-4-15-12-9-11(6-8-16-12)13(18)17(3)10(2)5-7-14/h6,8-10H,4-5H2,1-3H3,(H,15,16). The quantitative estimate of drug-likeness (QED) is 0.861. The van der Waals surface area contributed by atoms with E-state index in [0.717, 1.165) is 6.54 Å². The van der Waals surface area contributed by atoms with Crippen LogP contribution >= 0.6 is 0 Å². The number of rotatable bonds is 5. The fraction of sp³-hybridized carbons (Fsp3) is 0.462. The zero-order valence-electron chi connectivity index (χ0n) is 11.0. The molecule has 0 spiro atoms. The minimum absolute atomic E-state index is 0.0979. The topological polar surface area (TPSA) is 69.0 Å². The number of hydrogen-bond donors (Lipinski definition) is 1. The van der Waals surface area contributed by atoms with E-state index in [4.69, 9.17) is 5.26 Å². The number of aromatic nitrogens is 1. The highest BCUT2D eigenvalue weighted by atomic mass is 16.2. The van der Waals surface area contributed by atoms with Crippen LogP contribution in [0.2, 0.25) is 0 Å². The summed E-state index contributed by atoms with van der Waals surface area (Å²) in [4.78, 5) is 17.9. The van der Waals surface area contributed by atoms with E-state index in [9.17, 15) is 4.79 Å². The lowest BCUT2D eigenvalue weighted by molar-refractivity contribution is 0.0746. The largest absolute Gasteiger partial charge is 0.370 e. The van der Waals surface area contributed by atoms with Crippen molar-refractivity contribution in [2.24, 2.45) is 0 Å². The van der Waals surface area contributed by atoms with Gasteiger partial charge in [0, 0.05) is 31.4 Å². The van der Waals surface area contributed by atoms with Gasteiger partial charge in [-0.15, -0.1) is 0 Å². The molecule has 0 radical (unpaired) electrons. The average molecular weight is 246 g/mol. The summed E-state index contributed by atoms with van der Waals surface area (Å²) in [7, 11) is 1.71. The van der Waals surface area contributed by atoms with Crippen molar-refractivity contribution in [2.75, 3.05) is 18.9 Å². The zero-order chi connectivity index (χ0) is 13.5. The summed E-state index contributed by atoms with van der Waals surface area (Å²) in [6.07, 6.45) is 1.93. The van der Waals surface area contributed by atoms with Crippen LogP contribution in [0.1, 0.15) is 30.6 Å². The maximum atomic E-state index is 12.2. The fourth-order valence-corrected chi connectivity index (χ4v) is 1.51. The van der Waals surface area contributed by atoms with Gasteiger partial charge in [-0.3, -0.25) is 4.79 Å². The summed E-state index contributed by atoms with van der Waals surface area (Å²) in [6.45, 7) is 4.58. The van der Waals surface area contributed by atoms with Crippen LogP contribution in [0.4, 0.5) is 5.82 Å². The van der Waals surface area contributed by atoms with Crippen molar-refractivity contribution < 1.29 is 4.79 Å². The highest BCUT2D eigenvalue weighted by molar-refractivity contribution is 5.94. The SMILES string of the molecule is CCNc1cc(C(=O)N(C)C(C)CC#N)ccn1. The first-order valence-corrected chi connectivity index (χ1v) is 5.94. The summed E-state index contributed by atoms with van der Waals surface area (Å²) < 4.78 is 0. The molecule has 0 aliphatic rings. The highest BCUT2D eigenvalue weighted by Crippen LogP contribution is 2.11. The first-order valence-electron chi connectivity index (χ1n) is 5.94. The van der Waals surface area contributed by atoms with Gasteiger partial charge >= 0.3 is 0 Å². The van der Waals surface area contributed by atoms with E-state index in [1.54, 1.807) is 30.3 Å². The van der Waals surface area contributed by atoms with Crippen LogP contribution in [0, 0.1) is 11.3 Å². The molecular formula is C13H18N4O. The third kappa shape index (κ3) is 3.45. The Morgan fingerprint density at radius 2 is 2.39 bits per heavy atom. The molecule has 5 heteroatoms. The van der Waals surface area contributed by atoms with Gasteiger partial charge in [0.05, 0.1) is 12.5 Å². The van der Waals surface area contributed by atoms with Gasteiger partial charge in [-0.25, -0.2) is 4.98 Å². The maximum Gasteiger partial charge on any atom is 0.254 e. The number of hydrogen-bond acceptors (Lipinski definition) is 4. The number of anilines is 1. The number of amides is 1. The Morgan fingerprint density at radius 3 is 3.00 bits per heavy atom. The van der Waals surface area contributed by atoms with Crippen molar-refractivity contribution in [2.45, 2.75) is 26.3 Å². The number of pyridine rings is 1. The number of nitrogens with zero attached hydrogens (tertiary/aromatic N) is 3. The lowest BCUT2D eigenvalue weighted by atomic mass is 10.1. The third-order valence-corrected chi connectivity index (χ3v) is 2.73. The lowest BCUT2D eigenvalue weighted by Gasteiger charge is -2.23. The maximum absolute atomic E-state index is 12.2. The fourth-order valence-electron chi connectivity index (χ4n) is 1.51. The van der Waals surface area contributed by atoms with E-state index < -0.39 is 0 Å². The van der Waals surface area contributed by atoms with Gasteiger partial charge in [-0.2, -0.15) is 5.26 Å². The van der Waals surface area contributed by atoms with Crippen molar-refractivity contribution in [3.8, 4) is 6.07 Å². The summed E-state index contributed by atoms with van der Waals surface area (Å²) in [5, 5.41) is 11.7. The molecule has 0 fully saturated rings. The van der Waals surface area contributed by atoms with E-state index in [1.807, 2.05) is 13.8 Å². The van der Waals surface area contributed by atoms with E-state index in [2.05, 4.69) is 16.4 Å². The molecule has 1 amide bonds. The van der Waals surface area contributed by atoms with Gasteiger partial charge < -0.3 is 10.2 Å². The van der Waals surface area contributed by atoms with Gasteiger partial charge in [-0.1, -0.05) is 0 Å². The predicted molar refractivity (Wildman–Crippen MR) is 70.2 cm³/mol. The average Bonchev–Trinajstić information content (AvgIpc) is 2.38. The highest BCUT2D eigenvalue weighted by Gasteiger charge is 2.17. The van der Waals surface area contributed by atoms with Crippen LogP contribution in [0.25, 0.3) is 0 Å². The predicted octanol–water partition coefficient (Wildman–Crippen LogP) is 1.89. The zero-order valence-corrected chi connectivity index (χ0v) is 11.0. The van der Waals surface area contributed by atoms with Gasteiger partial charge in [0.2, 0.25) is 0 Å². The molecule has 0 bridgehead atoms. The molecule has 1 rings (SSSR count). The molecule has 0 aliphatic carbocycles. The Kier molecular flexibility index (Phi) is 5.12. The molecule has 1 unspecified atom stereocenters. The molecule has 0 aliphatic heterocycles. The molecule has 5 nitrogen and oxygen atoms in total. The molecule has 0 aromatic carbocycles. The first-order chi connectivity index (χ1) is 8.60. The van der Waals surface area contributed by atoms with Crippen molar-refractivity contribution in [3.63, 3.8) is 0 Å². The Morgan fingerprint density at radius 1 is 1.67 bits per heavy atom. The minimum atomic E-state index is -0.0988. The summed E-state index contributed by atoms with van der Waals surface area (Å²) in [6, 6.07) is 5.37. The monoisotopic (exact) mass is 246 g/mol. The van der Waals surface area contributed by atoms with E-state index >= 15 is 0 Å². The van der Waals surface area contributed by atoms with Crippen molar-refractivity contribution in [1.29, 1.82) is 5.26 Å². The molecule has 1 heterocycles. The molecule has 1 aromatic rings. The van der Waals surface area contributed by atoms with Gasteiger partial charge in [0.25, 0.3) is 5.91 Å². The van der Waals surface area contributed by atoms with Gasteiger partial charge in [0.15, 0.2) is 0 Å².